The highest BCUT2D eigenvalue weighted by Gasteiger charge is 2.33. The largest absolute Gasteiger partial charge is 0.378 e. The predicted octanol–water partition coefficient (Wildman–Crippen LogP) is 1.65. The maximum Gasteiger partial charge on any atom is 0.319 e. The monoisotopic (exact) mass is 480 g/mol. The van der Waals surface area contributed by atoms with Crippen molar-refractivity contribution in [1.29, 1.82) is 0 Å². The van der Waals surface area contributed by atoms with Crippen molar-refractivity contribution < 1.29 is 19.0 Å². The zero-order valence-corrected chi connectivity index (χ0v) is 20.0. The molecule has 1 aromatic carbocycles. The lowest BCUT2D eigenvalue weighted by atomic mass is 10.0. The number of morpholine rings is 1. The standard InChI is InChI=1S/C25H32N6O4/c1-16-11-33-9-8-31(16)24-21-6-7-30(20-14-35-15-20)10-22(21)28-23(29-24)17-2-4-18(5-3-17)26-25(32)27-19-12-34-13-19/h2-5,16,19-20H,6-15H2,1H3,(H2,26,27,32). The van der Waals surface area contributed by atoms with E-state index in [0.29, 0.717) is 38.3 Å². The van der Waals surface area contributed by atoms with Crippen LogP contribution in [0.5, 0.6) is 0 Å². The summed E-state index contributed by atoms with van der Waals surface area (Å²) in [7, 11) is 0. The highest BCUT2D eigenvalue weighted by atomic mass is 16.5. The van der Waals surface area contributed by atoms with Crippen molar-refractivity contribution in [3.63, 3.8) is 0 Å². The molecule has 0 bridgehead atoms. The lowest BCUT2D eigenvalue weighted by Gasteiger charge is -2.41. The maximum atomic E-state index is 12.2. The number of hydrogen-bond acceptors (Lipinski definition) is 8. The third-order valence-electron chi connectivity index (χ3n) is 7.22. The molecule has 186 valence electrons. The minimum absolute atomic E-state index is 0.0882. The van der Waals surface area contributed by atoms with Gasteiger partial charge in [0.15, 0.2) is 5.82 Å². The van der Waals surface area contributed by atoms with Gasteiger partial charge in [0, 0.05) is 36.4 Å². The Morgan fingerprint density at radius 3 is 2.49 bits per heavy atom. The van der Waals surface area contributed by atoms with Crippen molar-refractivity contribution in [3.8, 4) is 11.4 Å². The number of carbonyl (C=O) groups is 1. The third kappa shape index (κ3) is 4.71. The second-order valence-electron chi connectivity index (χ2n) is 9.74. The molecule has 3 fully saturated rings. The molecule has 10 heteroatoms. The lowest BCUT2D eigenvalue weighted by Crippen LogP contribution is -2.51. The molecule has 0 aliphatic carbocycles. The van der Waals surface area contributed by atoms with Gasteiger partial charge in [-0.2, -0.15) is 0 Å². The number of amides is 2. The van der Waals surface area contributed by atoms with Crippen LogP contribution in [0.15, 0.2) is 24.3 Å². The zero-order chi connectivity index (χ0) is 23.8. The highest BCUT2D eigenvalue weighted by Crippen LogP contribution is 2.32. The normalized spacial score (nSPS) is 23.2. The third-order valence-corrected chi connectivity index (χ3v) is 7.22. The Balaban J connectivity index is 1.27. The first-order valence-corrected chi connectivity index (χ1v) is 12.5. The van der Waals surface area contributed by atoms with Crippen LogP contribution in [0.2, 0.25) is 0 Å². The van der Waals surface area contributed by atoms with Crippen LogP contribution in [0, 0.1) is 0 Å². The summed E-state index contributed by atoms with van der Waals surface area (Å²) in [5, 5.41) is 5.77. The van der Waals surface area contributed by atoms with Crippen molar-refractivity contribution in [3.05, 3.63) is 35.5 Å². The van der Waals surface area contributed by atoms with Crippen LogP contribution < -0.4 is 15.5 Å². The quantitative estimate of drug-likeness (QED) is 0.666. The predicted molar refractivity (Wildman–Crippen MR) is 131 cm³/mol. The van der Waals surface area contributed by atoms with Gasteiger partial charge in [-0.15, -0.1) is 0 Å². The zero-order valence-electron chi connectivity index (χ0n) is 20.0. The van der Waals surface area contributed by atoms with Crippen molar-refractivity contribution >= 4 is 17.5 Å². The van der Waals surface area contributed by atoms with Gasteiger partial charge in [-0.25, -0.2) is 14.8 Å². The second-order valence-corrected chi connectivity index (χ2v) is 9.74. The first-order valence-electron chi connectivity index (χ1n) is 12.5. The van der Waals surface area contributed by atoms with Crippen molar-refractivity contribution in [1.82, 2.24) is 20.2 Å². The fourth-order valence-electron chi connectivity index (χ4n) is 4.96. The number of ether oxygens (including phenoxy) is 3. The summed E-state index contributed by atoms with van der Waals surface area (Å²) in [5.41, 5.74) is 4.01. The fraction of sp³-hybridized carbons (Fsp3) is 0.560. The Morgan fingerprint density at radius 2 is 1.80 bits per heavy atom. The molecule has 3 saturated heterocycles. The molecule has 1 atom stereocenters. The number of aromatic nitrogens is 2. The van der Waals surface area contributed by atoms with Gasteiger partial charge in [0.25, 0.3) is 0 Å². The van der Waals surface area contributed by atoms with Gasteiger partial charge < -0.3 is 29.7 Å². The van der Waals surface area contributed by atoms with Gasteiger partial charge >= 0.3 is 6.03 Å². The van der Waals surface area contributed by atoms with Gasteiger partial charge in [-0.3, -0.25) is 4.90 Å². The van der Waals surface area contributed by atoms with E-state index in [1.165, 1.54) is 5.56 Å². The number of fused-ring (bicyclic) bond motifs is 1. The van der Waals surface area contributed by atoms with Crippen LogP contribution in [0.1, 0.15) is 18.2 Å². The molecule has 2 aromatic rings. The van der Waals surface area contributed by atoms with Gasteiger partial charge in [0.2, 0.25) is 0 Å². The topological polar surface area (TPSA) is 101 Å². The first-order chi connectivity index (χ1) is 17.1. The molecule has 0 saturated carbocycles. The summed E-state index contributed by atoms with van der Waals surface area (Å²) in [5.74, 6) is 1.75. The maximum absolute atomic E-state index is 12.2. The van der Waals surface area contributed by atoms with E-state index in [1.54, 1.807) is 0 Å². The van der Waals surface area contributed by atoms with Crippen LogP contribution in [0.4, 0.5) is 16.3 Å². The highest BCUT2D eigenvalue weighted by molar-refractivity contribution is 5.89. The number of benzene rings is 1. The molecule has 35 heavy (non-hydrogen) atoms. The summed E-state index contributed by atoms with van der Waals surface area (Å²) in [6.45, 7) is 8.99. The van der Waals surface area contributed by atoms with E-state index in [0.717, 1.165) is 62.0 Å². The van der Waals surface area contributed by atoms with E-state index in [1.807, 2.05) is 24.3 Å². The first kappa shape index (κ1) is 22.7. The van der Waals surface area contributed by atoms with Crippen molar-refractivity contribution in [2.75, 3.05) is 62.9 Å². The Morgan fingerprint density at radius 1 is 1.00 bits per heavy atom. The van der Waals surface area contributed by atoms with Gasteiger partial charge in [0.05, 0.1) is 63.5 Å². The number of rotatable bonds is 5. The molecule has 4 aliphatic heterocycles. The summed E-state index contributed by atoms with van der Waals surface area (Å²) >= 11 is 0. The number of urea groups is 1. The van der Waals surface area contributed by atoms with Gasteiger partial charge in [-0.05, 0) is 37.6 Å². The number of nitrogens with zero attached hydrogens (tertiary/aromatic N) is 4. The average molecular weight is 481 g/mol. The molecule has 4 aliphatic rings. The van der Waals surface area contributed by atoms with E-state index in [9.17, 15) is 4.79 Å². The van der Waals surface area contributed by atoms with E-state index in [4.69, 9.17) is 24.2 Å². The van der Waals surface area contributed by atoms with E-state index in [2.05, 4.69) is 27.4 Å². The molecular weight excluding hydrogens is 448 g/mol. The summed E-state index contributed by atoms with van der Waals surface area (Å²) in [6.07, 6.45) is 0.940. The van der Waals surface area contributed by atoms with E-state index < -0.39 is 0 Å². The molecule has 1 aromatic heterocycles. The SMILES string of the molecule is CC1COCCN1c1nc(-c2ccc(NC(=O)NC3COC3)cc2)nc2c1CCN(C1COC1)C2. The van der Waals surface area contributed by atoms with Crippen LogP contribution in [0.25, 0.3) is 11.4 Å². The van der Waals surface area contributed by atoms with Crippen LogP contribution in [0.3, 0.4) is 0 Å². The van der Waals surface area contributed by atoms with Crippen LogP contribution in [-0.4, -0.2) is 91.8 Å². The summed E-state index contributed by atoms with van der Waals surface area (Å²) in [6, 6.07) is 8.33. The molecule has 5 heterocycles. The summed E-state index contributed by atoms with van der Waals surface area (Å²) in [4.78, 5) is 27.1. The molecule has 0 radical (unpaired) electrons. The van der Waals surface area contributed by atoms with Crippen molar-refractivity contribution in [2.45, 2.75) is 38.0 Å². The lowest BCUT2D eigenvalue weighted by molar-refractivity contribution is -0.0699. The second kappa shape index (κ2) is 9.69. The fourth-order valence-corrected chi connectivity index (χ4v) is 4.96. The smallest absolute Gasteiger partial charge is 0.319 e. The molecule has 0 spiro atoms. The Bertz CT molecular complexity index is 1070. The van der Waals surface area contributed by atoms with Gasteiger partial charge in [-0.1, -0.05) is 0 Å². The number of anilines is 2. The molecule has 2 N–H and O–H groups in total. The molecule has 1 unspecified atom stereocenters. The van der Waals surface area contributed by atoms with Crippen LogP contribution >= 0.6 is 0 Å². The Hall–Kier alpha value is -2.79. The molecule has 2 amide bonds. The van der Waals surface area contributed by atoms with Crippen LogP contribution in [-0.2, 0) is 27.2 Å². The Kier molecular flexibility index (Phi) is 6.28. The average Bonchev–Trinajstić information content (AvgIpc) is 2.80. The Labute approximate surface area is 205 Å². The molecule has 6 rings (SSSR count). The minimum Gasteiger partial charge on any atom is -0.378 e. The number of hydrogen-bond donors (Lipinski definition) is 2. The van der Waals surface area contributed by atoms with Gasteiger partial charge in [0.1, 0.15) is 5.82 Å². The van der Waals surface area contributed by atoms with Crippen molar-refractivity contribution in [2.24, 2.45) is 0 Å². The number of carbonyl (C=O) groups excluding carboxylic acids is 1. The van der Waals surface area contributed by atoms with E-state index >= 15 is 0 Å². The van der Waals surface area contributed by atoms with E-state index in [-0.39, 0.29) is 18.1 Å². The number of nitrogens with one attached hydrogen (secondary N) is 2. The molecular formula is C25H32N6O4. The molecule has 10 nitrogen and oxygen atoms in total. The summed E-state index contributed by atoms with van der Waals surface area (Å²) < 4.78 is 16.2. The minimum atomic E-state index is -0.222.